The van der Waals surface area contributed by atoms with Crippen LogP contribution < -0.4 is 15.0 Å². The van der Waals surface area contributed by atoms with Gasteiger partial charge in [0.05, 0.1) is 19.4 Å². The second-order valence-corrected chi connectivity index (χ2v) is 4.86. The summed E-state index contributed by atoms with van der Waals surface area (Å²) in [6.45, 7) is 3.08. The Kier molecular flexibility index (Phi) is 3.89. The molecule has 0 amide bonds. The van der Waals surface area contributed by atoms with Gasteiger partial charge in [0.1, 0.15) is 5.76 Å². The van der Waals surface area contributed by atoms with Crippen LogP contribution in [0.5, 0.6) is 6.01 Å². The van der Waals surface area contributed by atoms with Crippen LogP contribution in [0.4, 0.5) is 11.9 Å². The fraction of sp³-hybridized carbons (Fsp3) is 0.500. The first-order valence-electron chi connectivity index (χ1n) is 7.15. The summed E-state index contributed by atoms with van der Waals surface area (Å²) in [5.74, 6) is 2.02. The van der Waals surface area contributed by atoms with Crippen LogP contribution in [0.1, 0.15) is 25.5 Å². The zero-order valence-electron chi connectivity index (χ0n) is 12.2. The average Bonchev–Trinajstić information content (AvgIpc) is 3.21. The topological polar surface area (TPSA) is 76.3 Å². The molecule has 0 atom stereocenters. The maximum Gasteiger partial charge on any atom is 0.323 e. The number of aromatic nitrogens is 3. The van der Waals surface area contributed by atoms with Crippen molar-refractivity contribution in [3.63, 3.8) is 0 Å². The smallest absolute Gasteiger partial charge is 0.323 e. The molecule has 1 N–H and O–H groups in total. The number of anilines is 2. The molecule has 0 aliphatic heterocycles. The summed E-state index contributed by atoms with van der Waals surface area (Å²) in [7, 11) is 1.78. The van der Waals surface area contributed by atoms with Gasteiger partial charge in [0.2, 0.25) is 11.9 Å². The monoisotopic (exact) mass is 289 g/mol. The first kappa shape index (κ1) is 13.7. The molecule has 7 nitrogen and oxygen atoms in total. The zero-order valence-corrected chi connectivity index (χ0v) is 12.2. The van der Waals surface area contributed by atoms with Gasteiger partial charge < -0.3 is 19.4 Å². The van der Waals surface area contributed by atoms with Gasteiger partial charge >= 0.3 is 6.01 Å². The second-order valence-electron chi connectivity index (χ2n) is 4.86. The van der Waals surface area contributed by atoms with Crippen LogP contribution in [0.15, 0.2) is 22.8 Å². The molecule has 1 saturated carbocycles. The van der Waals surface area contributed by atoms with Crippen molar-refractivity contribution < 1.29 is 9.15 Å². The Balaban J connectivity index is 1.88. The number of ether oxygens (including phenoxy) is 1. The third-order valence-corrected chi connectivity index (χ3v) is 3.25. The lowest BCUT2D eigenvalue weighted by atomic mass is 10.4. The summed E-state index contributed by atoms with van der Waals surface area (Å²) in [5, 5.41) is 2.95. The maximum absolute atomic E-state index is 5.44. The zero-order chi connectivity index (χ0) is 14.7. The molecule has 3 rings (SSSR count). The molecule has 0 aromatic carbocycles. The maximum atomic E-state index is 5.44. The Morgan fingerprint density at radius 2 is 2.24 bits per heavy atom. The van der Waals surface area contributed by atoms with E-state index in [2.05, 4.69) is 25.2 Å². The minimum atomic E-state index is 0.344. The molecular formula is C14H19N5O2. The first-order chi connectivity index (χ1) is 10.3. The molecule has 1 aliphatic carbocycles. The lowest BCUT2D eigenvalue weighted by Crippen LogP contribution is -2.27. The van der Waals surface area contributed by atoms with Gasteiger partial charge in [0.25, 0.3) is 0 Å². The fourth-order valence-corrected chi connectivity index (χ4v) is 2.10. The second kappa shape index (κ2) is 5.99. The number of hydrogen-bond acceptors (Lipinski definition) is 7. The minimum absolute atomic E-state index is 0.344. The van der Waals surface area contributed by atoms with E-state index in [1.54, 1.807) is 13.3 Å². The Bertz CT molecular complexity index is 583. The van der Waals surface area contributed by atoms with Gasteiger partial charge in [-0.2, -0.15) is 15.0 Å². The summed E-state index contributed by atoms with van der Waals surface area (Å²) in [6.07, 6.45) is 3.97. The molecular weight excluding hydrogens is 270 g/mol. The molecule has 112 valence electrons. The predicted molar refractivity (Wildman–Crippen MR) is 78.5 cm³/mol. The third kappa shape index (κ3) is 3.24. The minimum Gasteiger partial charge on any atom is -0.467 e. The number of furan rings is 1. The lowest BCUT2D eigenvalue weighted by Gasteiger charge is -2.21. The van der Waals surface area contributed by atoms with E-state index in [9.17, 15) is 0 Å². The molecule has 0 bridgehead atoms. The van der Waals surface area contributed by atoms with Crippen LogP contribution in [0.25, 0.3) is 0 Å². The molecule has 7 heteroatoms. The first-order valence-corrected chi connectivity index (χ1v) is 7.15. The van der Waals surface area contributed by atoms with E-state index in [0.29, 0.717) is 37.1 Å². The fourth-order valence-electron chi connectivity index (χ4n) is 2.10. The average molecular weight is 289 g/mol. The predicted octanol–water partition coefficient (Wildman–Crippen LogP) is 2.07. The van der Waals surface area contributed by atoms with Gasteiger partial charge in [-0.05, 0) is 31.9 Å². The van der Waals surface area contributed by atoms with Crippen LogP contribution in [-0.2, 0) is 6.54 Å². The van der Waals surface area contributed by atoms with Crippen molar-refractivity contribution in [3.8, 4) is 6.01 Å². The van der Waals surface area contributed by atoms with Crippen molar-refractivity contribution in [2.24, 2.45) is 0 Å². The van der Waals surface area contributed by atoms with Gasteiger partial charge in [0.15, 0.2) is 0 Å². The summed E-state index contributed by atoms with van der Waals surface area (Å²) < 4.78 is 10.9. The highest BCUT2D eigenvalue weighted by Crippen LogP contribution is 2.32. The molecule has 1 aliphatic rings. The van der Waals surface area contributed by atoms with Crippen molar-refractivity contribution in [2.45, 2.75) is 32.4 Å². The van der Waals surface area contributed by atoms with Crippen molar-refractivity contribution in [1.29, 1.82) is 0 Å². The highest BCUT2D eigenvalue weighted by molar-refractivity contribution is 5.40. The highest BCUT2D eigenvalue weighted by atomic mass is 16.5. The standard InChI is InChI=1S/C14H19N5O2/c1-3-20-14-17-12(15-2)16-13(18-14)19(10-6-7-10)9-11-5-4-8-21-11/h4-5,8,10H,3,6-7,9H2,1-2H3,(H,15,16,17,18). The van der Waals surface area contributed by atoms with E-state index in [-0.39, 0.29) is 0 Å². The van der Waals surface area contributed by atoms with Gasteiger partial charge in [-0.25, -0.2) is 0 Å². The van der Waals surface area contributed by atoms with E-state index in [4.69, 9.17) is 9.15 Å². The number of rotatable bonds is 7. The van der Waals surface area contributed by atoms with Gasteiger partial charge in [-0.1, -0.05) is 0 Å². The van der Waals surface area contributed by atoms with Crippen molar-refractivity contribution in [2.75, 3.05) is 23.9 Å². The Morgan fingerprint density at radius 3 is 2.86 bits per heavy atom. The van der Waals surface area contributed by atoms with Crippen LogP contribution in [0.2, 0.25) is 0 Å². The molecule has 2 aromatic rings. The summed E-state index contributed by atoms with van der Waals surface area (Å²) in [4.78, 5) is 15.2. The molecule has 1 fully saturated rings. The van der Waals surface area contributed by atoms with Crippen LogP contribution >= 0.6 is 0 Å². The van der Waals surface area contributed by atoms with Gasteiger partial charge in [0, 0.05) is 13.1 Å². The van der Waals surface area contributed by atoms with Crippen molar-refractivity contribution >= 4 is 11.9 Å². The van der Waals surface area contributed by atoms with Crippen LogP contribution in [0, 0.1) is 0 Å². The van der Waals surface area contributed by atoms with E-state index < -0.39 is 0 Å². The summed E-state index contributed by atoms with van der Waals surface area (Å²) >= 11 is 0. The Hall–Kier alpha value is -2.31. The van der Waals surface area contributed by atoms with Crippen molar-refractivity contribution in [3.05, 3.63) is 24.2 Å². The molecule has 21 heavy (non-hydrogen) atoms. The quantitative estimate of drug-likeness (QED) is 0.836. The normalized spacial score (nSPS) is 14.0. The highest BCUT2D eigenvalue weighted by Gasteiger charge is 2.32. The van der Waals surface area contributed by atoms with E-state index in [0.717, 1.165) is 18.6 Å². The molecule has 0 spiro atoms. The van der Waals surface area contributed by atoms with Crippen LogP contribution in [-0.4, -0.2) is 34.6 Å². The third-order valence-electron chi connectivity index (χ3n) is 3.25. The largest absolute Gasteiger partial charge is 0.467 e. The Morgan fingerprint density at radius 1 is 1.38 bits per heavy atom. The number of hydrogen-bond donors (Lipinski definition) is 1. The van der Waals surface area contributed by atoms with Gasteiger partial charge in [-0.3, -0.25) is 0 Å². The number of nitrogens with zero attached hydrogens (tertiary/aromatic N) is 4. The Labute approximate surface area is 123 Å². The van der Waals surface area contributed by atoms with Crippen molar-refractivity contribution in [1.82, 2.24) is 15.0 Å². The SMILES string of the molecule is CCOc1nc(NC)nc(N(Cc2ccco2)C2CC2)n1. The molecule has 0 unspecified atom stereocenters. The van der Waals surface area contributed by atoms with Crippen LogP contribution in [0.3, 0.4) is 0 Å². The molecule has 0 saturated heterocycles. The summed E-state index contributed by atoms with van der Waals surface area (Å²) in [6, 6.07) is 4.64. The molecule has 2 heterocycles. The molecule has 0 radical (unpaired) electrons. The lowest BCUT2D eigenvalue weighted by molar-refractivity contribution is 0.312. The number of nitrogens with one attached hydrogen (secondary N) is 1. The van der Waals surface area contributed by atoms with E-state index in [1.807, 2.05) is 19.1 Å². The summed E-state index contributed by atoms with van der Waals surface area (Å²) in [5.41, 5.74) is 0. The molecule has 2 aromatic heterocycles. The van der Waals surface area contributed by atoms with E-state index in [1.165, 1.54) is 0 Å². The van der Waals surface area contributed by atoms with Gasteiger partial charge in [-0.15, -0.1) is 0 Å². The van der Waals surface area contributed by atoms with E-state index >= 15 is 0 Å².